The van der Waals surface area contributed by atoms with E-state index in [0.29, 0.717) is 53.2 Å². The van der Waals surface area contributed by atoms with Gasteiger partial charge in [-0.25, -0.2) is 9.59 Å². The number of benzene rings is 4. The number of ether oxygens (including phenoxy) is 5. The van der Waals surface area contributed by atoms with E-state index in [1.807, 2.05) is 50.2 Å². The van der Waals surface area contributed by atoms with Crippen LogP contribution < -0.4 is 9.47 Å². The van der Waals surface area contributed by atoms with Crippen LogP contribution >= 0.6 is 0 Å². The van der Waals surface area contributed by atoms with Crippen molar-refractivity contribution in [1.82, 2.24) is 0 Å². The molecule has 4 rings (SSSR count). The average molecular weight is 667 g/mol. The molecule has 0 N–H and O–H groups in total. The molecule has 256 valence electrons. The summed E-state index contributed by atoms with van der Waals surface area (Å²) < 4.78 is 28.0. The molecule has 0 radical (unpaired) electrons. The summed E-state index contributed by atoms with van der Waals surface area (Å²) in [6.45, 7) is 7.26. The molecule has 49 heavy (non-hydrogen) atoms. The molecule has 0 spiro atoms. The molecule has 0 aliphatic heterocycles. The van der Waals surface area contributed by atoms with Crippen LogP contribution in [0.25, 0.3) is 0 Å². The molecular weight excluding hydrogens is 624 g/mol. The normalized spacial score (nSPS) is 11.3. The lowest BCUT2D eigenvalue weighted by atomic mass is 10.0. The van der Waals surface area contributed by atoms with Crippen molar-refractivity contribution in [1.29, 1.82) is 0 Å². The Bertz CT molecular complexity index is 1680. The Balaban J connectivity index is 1.09. The van der Waals surface area contributed by atoms with E-state index in [0.717, 1.165) is 0 Å². The maximum Gasteiger partial charge on any atom is 0.344 e. The summed E-state index contributed by atoms with van der Waals surface area (Å²) in [5, 5.41) is 0. The predicted molar refractivity (Wildman–Crippen MR) is 184 cm³/mol. The second-order valence-corrected chi connectivity index (χ2v) is 12.6. The SMILES string of the molecule is CC(C)(CCOC(=O)COc1ccc(C(=O)c2ccccc2)cc1)OCCC(C)(C)OC(=O)COc1ccc(C(=O)c2ccccc2)cc1. The van der Waals surface area contributed by atoms with Gasteiger partial charge in [-0.05, 0) is 76.2 Å². The van der Waals surface area contributed by atoms with Crippen LogP contribution in [0.3, 0.4) is 0 Å². The van der Waals surface area contributed by atoms with Crippen molar-refractivity contribution in [3.05, 3.63) is 131 Å². The molecule has 0 unspecified atom stereocenters. The van der Waals surface area contributed by atoms with E-state index in [4.69, 9.17) is 23.7 Å². The molecule has 9 heteroatoms. The van der Waals surface area contributed by atoms with E-state index in [1.54, 1.807) is 86.6 Å². The second kappa shape index (κ2) is 17.2. The number of carbonyl (C=O) groups is 4. The zero-order valence-corrected chi connectivity index (χ0v) is 28.3. The van der Waals surface area contributed by atoms with E-state index < -0.39 is 23.1 Å². The first-order valence-electron chi connectivity index (χ1n) is 16.1. The van der Waals surface area contributed by atoms with Crippen LogP contribution in [0.4, 0.5) is 0 Å². The van der Waals surface area contributed by atoms with E-state index >= 15 is 0 Å². The van der Waals surface area contributed by atoms with Crippen molar-refractivity contribution in [3.8, 4) is 11.5 Å². The van der Waals surface area contributed by atoms with E-state index in [9.17, 15) is 19.2 Å². The van der Waals surface area contributed by atoms with Gasteiger partial charge in [0.2, 0.25) is 0 Å². The first kappa shape index (κ1) is 36.6. The molecule has 0 aromatic heterocycles. The lowest BCUT2D eigenvalue weighted by Crippen LogP contribution is -2.34. The molecular formula is C40H42O9. The van der Waals surface area contributed by atoms with Gasteiger partial charge in [-0.15, -0.1) is 0 Å². The zero-order chi connectivity index (χ0) is 35.3. The van der Waals surface area contributed by atoms with Gasteiger partial charge in [-0.2, -0.15) is 0 Å². The molecule has 0 fully saturated rings. The third-order valence-corrected chi connectivity index (χ3v) is 7.57. The van der Waals surface area contributed by atoms with Crippen LogP contribution in [-0.4, -0.2) is 61.1 Å². The standard InChI is InChI=1S/C40H42O9/c1-39(2,23-25-45-35(41)27-46-33-19-15-31(16-20-33)37(43)29-11-7-5-8-12-29)48-26-24-40(3,4)49-36(42)28-47-34-21-17-32(18-22-34)38(44)30-13-9-6-10-14-30/h5-22H,23-28H2,1-4H3. The summed E-state index contributed by atoms with van der Waals surface area (Å²) in [4.78, 5) is 49.8. The Morgan fingerprint density at radius 3 is 1.37 bits per heavy atom. The number of hydrogen-bond acceptors (Lipinski definition) is 9. The van der Waals surface area contributed by atoms with Gasteiger partial charge in [0.05, 0.1) is 18.8 Å². The quantitative estimate of drug-likeness (QED) is 0.0814. The number of esters is 2. The maximum atomic E-state index is 12.6. The van der Waals surface area contributed by atoms with E-state index in [-0.39, 0.29) is 31.4 Å². The van der Waals surface area contributed by atoms with Crippen LogP contribution in [-0.2, 0) is 23.8 Å². The van der Waals surface area contributed by atoms with Crippen molar-refractivity contribution in [2.24, 2.45) is 0 Å². The lowest BCUT2D eigenvalue weighted by molar-refractivity contribution is -0.161. The second-order valence-electron chi connectivity index (χ2n) is 12.6. The first-order chi connectivity index (χ1) is 23.4. The number of rotatable bonds is 18. The monoisotopic (exact) mass is 666 g/mol. The Kier molecular flexibility index (Phi) is 12.8. The van der Waals surface area contributed by atoms with Crippen molar-refractivity contribution < 1.29 is 42.9 Å². The van der Waals surface area contributed by atoms with Crippen molar-refractivity contribution >= 4 is 23.5 Å². The zero-order valence-electron chi connectivity index (χ0n) is 28.3. The smallest absolute Gasteiger partial charge is 0.344 e. The molecule has 0 saturated carbocycles. The van der Waals surface area contributed by atoms with Crippen molar-refractivity contribution in [2.45, 2.75) is 51.7 Å². The highest BCUT2D eigenvalue weighted by molar-refractivity contribution is 6.09. The van der Waals surface area contributed by atoms with Gasteiger partial charge in [0, 0.05) is 35.1 Å². The van der Waals surface area contributed by atoms with Gasteiger partial charge in [-0.1, -0.05) is 60.7 Å². The molecule has 0 saturated heterocycles. The molecule has 0 aliphatic carbocycles. The molecule has 0 aliphatic rings. The van der Waals surface area contributed by atoms with Gasteiger partial charge in [0.15, 0.2) is 24.8 Å². The van der Waals surface area contributed by atoms with Crippen LogP contribution in [0.15, 0.2) is 109 Å². The summed E-state index contributed by atoms with van der Waals surface area (Å²) in [5.74, 6) is -0.341. The molecule has 4 aromatic rings. The average Bonchev–Trinajstić information content (AvgIpc) is 3.10. The minimum Gasteiger partial charge on any atom is -0.482 e. The van der Waals surface area contributed by atoms with Crippen LogP contribution in [0.2, 0.25) is 0 Å². The summed E-state index contributed by atoms with van der Waals surface area (Å²) in [6.07, 6.45) is 0.876. The lowest BCUT2D eigenvalue weighted by Gasteiger charge is -2.29. The highest BCUT2D eigenvalue weighted by Crippen LogP contribution is 2.21. The first-order valence-corrected chi connectivity index (χ1v) is 16.1. The summed E-state index contributed by atoms with van der Waals surface area (Å²) in [5.41, 5.74) is 0.834. The minimum atomic E-state index is -0.806. The third kappa shape index (κ3) is 12.0. The van der Waals surface area contributed by atoms with Gasteiger partial charge in [-0.3, -0.25) is 9.59 Å². The molecule has 0 heterocycles. The number of carbonyl (C=O) groups excluding carboxylic acids is 4. The fourth-order valence-electron chi connectivity index (χ4n) is 4.69. The summed E-state index contributed by atoms with van der Waals surface area (Å²) in [6, 6.07) is 31.2. The van der Waals surface area contributed by atoms with Gasteiger partial charge < -0.3 is 23.7 Å². The van der Waals surface area contributed by atoms with Crippen LogP contribution in [0, 0.1) is 0 Å². The minimum absolute atomic E-state index is 0.0934. The fourth-order valence-corrected chi connectivity index (χ4v) is 4.69. The van der Waals surface area contributed by atoms with E-state index in [2.05, 4.69) is 0 Å². The van der Waals surface area contributed by atoms with Crippen LogP contribution in [0.5, 0.6) is 11.5 Å². The van der Waals surface area contributed by atoms with Gasteiger partial charge >= 0.3 is 11.9 Å². The molecule has 0 atom stereocenters. The molecule has 0 amide bonds. The topological polar surface area (TPSA) is 114 Å². The number of hydrogen-bond donors (Lipinski definition) is 0. The molecule has 4 aromatic carbocycles. The fraction of sp³-hybridized carbons (Fsp3) is 0.300. The number of ketones is 2. The predicted octanol–water partition coefficient (Wildman–Crippen LogP) is 7.05. The Hall–Kier alpha value is -5.28. The van der Waals surface area contributed by atoms with Gasteiger partial charge in [0.25, 0.3) is 0 Å². The third-order valence-electron chi connectivity index (χ3n) is 7.57. The Labute approximate surface area is 287 Å². The highest BCUT2D eigenvalue weighted by Gasteiger charge is 2.26. The Morgan fingerprint density at radius 2 is 0.898 bits per heavy atom. The molecule has 9 nitrogen and oxygen atoms in total. The van der Waals surface area contributed by atoms with E-state index in [1.165, 1.54) is 0 Å². The van der Waals surface area contributed by atoms with Gasteiger partial charge in [0.1, 0.15) is 17.1 Å². The summed E-state index contributed by atoms with van der Waals surface area (Å²) >= 11 is 0. The highest BCUT2D eigenvalue weighted by atomic mass is 16.6. The Morgan fingerprint density at radius 1 is 0.490 bits per heavy atom. The largest absolute Gasteiger partial charge is 0.482 e. The van der Waals surface area contributed by atoms with Crippen molar-refractivity contribution in [2.75, 3.05) is 26.4 Å². The maximum absolute atomic E-state index is 12.6. The van der Waals surface area contributed by atoms with Crippen LogP contribution in [0.1, 0.15) is 72.4 Å². The summed E-state index contributed by atoms with van der Waals surface area (Å²) in [7, 11) is 0. The molecule has 0 bridgehead atoms. The van der Waals surface area contributed by atoms with Crippen molar-refractivity contribution in [3.63, 3.8) is 0 Å².